The van der Waals surface area contributed by atoms with Gasteiger partial charge in [-0.3, -0.25) is 4.79 Å². The van der Waals surface area contributed by atoms with E-state index >= 15 is 0 Å². The molecule has 1 saturated carbocycles. The number of hydrogen-bond donors (Lipinski definition) is 1. The van der Waals surface area contributed by atoms with Crippen molar-refractivity contribution in [3.05, 3.63) is 41.6 Å². The number of piperidine rings is 1. The molecule has 0 amide bonds. The van der Waals surface area contributed by atoms with Gasteiger partial charge in [0.1, 0.15) is 5.78 Å². The number of Topliss-reactive ketones (excluding diaryl/α,β-unsaturated/α-hetero) is 1. The lowest BCUT2D eigenvalue weighted by Gasteiger charge is -2.43. The molecule has 0 aromatic heterocycles. The predicted molar refractivity (Wildman–Crippen MR) is 119 cm³/mol. The van der Waals surface area contributed by atoms with Crippen LogP contribution in [0.3, 0.4) is 0 Å². The molecule has 0 bridgehead atoms. The topological polar surface area (TPSA) is 60.9 Å². The van der Waals surface area contributed by atoms with Crippen LogP contribution in [-0.2, 0) is 11.2 Å². The standard InChI is InChI=1S/C25H34N2O3/c1-18-15-23(28)16-19-9-10-20(25(29)30)17-24(19)27(18)22-11-13-26(14-12-22)21-7-5-3-2-4-6-8-21/h9-10,17,21-22H,1-8,11-16H2,(H,29,30). The molecule has 0 unspecified atom stereocenters. The largest absolute Gasteiger partial charge is 0.478 e. The van der Waals surface area contributed by atoms with Gasteiger partial charge in [-0.05, 0) is 43.4 Å². The molecule has 1 saturated heterocycles. The van der Waals surface area contributed by atoms with E-state index in [9.17, 15) is 14.7 Å². The average Bonchev–Trinajstić information content (AvgIpc) is 2.81. The summed E-state index contributed by atoms with van der Waals surface area (Å²) in [6, 6.07) is 6.15. The quantitative estimate of drug-likeness (QED) is 0.776. The highest BCUT2D eigenvalue weighted by Crippen LogP contribution is 2.36. The van der Waals surface area contributed by atoms with Crippen LogP contribution in [0.25, 0.3) is 0 Å². The first kappa shape index (κ1) is 21.1. The molecular weight excluding hydrogens is 376 g/mol. The van der Waals surface area contributed by atoms with Gasteiger partial charge in [-0.2, -0.15) is 0 Å². The summed E-state index contributed by atoms with van der Waals surface area (Å²) in [5.74, 6) is -0.781. The maximum Gasteiger partial charge on any atom is 0.335 e. The van der Waals surface area contributed by atoms with Gasteiger partial charge in [0.05, 0.1) is 5.56 Å². The van der Waals surface area contributed by atoms with Gasteiger partial charge in [-0.15, -0.1) is 0 Å². The molecule has 0 spiro atoms. The minimum Gasteiger partial charge on any atom is -0.478 e. The molecule has 2 heterocycles. The summed E-state index contributed by atoms with van der Waals surface area (Å²) in [4.78, 5) is 28.8. The highest BCUT2D eigenvalue weighted by molar-refractivity contribution is 5.92. The molecular formula is C25H34N2O3. The second-order valence-electron chi connectivity index (χ2n) is 9.24. The number of anilines is 1. The number of carboxylic acids is 1. The number of nitrogens with zero attached hydrogens (tertiary/aromatic N) is 2. The van der Waals surface area contributed by atoms with E-state index in [1.54, 1.807) is 12.1 Å². The van der Waals surface area contributed by atoms with Crippen LogP contribution >= 0.6 is 0 Å². The highest BCUT2D eigenvalue weighted by Gasteiger charge is 2.33. The first-order valence-corrected chi connectivity index (χ1v) is 11.6. The molecule has 30 heavy (non-hydrogen) atoms. The number of carboxylic acid groups (broad SMARTS) is 1. The van der Waals surface area contributed by atoms with E-state index in [4.69, 9.17) is 0 Å². The van der Waals surface area contributed by atoms with Crippen molar-refractivity contribution in [2.75, 3.05) is 18.0 Å². The molecule has 1 aromatic rings. The van der Waals surface area contributed by atoms with Crippen LogP contribution in [0.15, 0.2) is 30.5 Å². The van der Waals surface area contributed by atoms with Crippen molar-refractivity contribution in [3.8, 4) is 0 Å². The van der Waals surface area contributed by atoms with E-state index in [1.165, 1.54) is 44.9 Å². The molecule has 2 fully saturated rings. The van der Waals surface area contributed by atoms with E-state index < -0.39 is 5.97 Å². The summed E-state index contributed by atoms with van der Waals surface area (Å²) >= 11 is 0. The highest BCUT2D eigenvalue weighted by atomic mass is 16.4. The van der Waals surface area contributed by atoms with Crippen molar-refractivity contribution in [2.45, 2.75) is 82.7 Å². The molecule has 0 radical (unpaired) electrons. The first-order valence-electron chi connectivity index (χ1n) is 11.6. The fraction of sp³-hybridized carbons (Fsp3) is 0.600. The number of carbonyl (C=O) groups excluding carboxylic acids is 1. The fourth-order valence-electron chi connectivity index (χ4n) is 5.59. The van der Waals surface area contributed by atoms with E-state index in [0.717, 1.165) is 42.9 Å². The predicted octanol–water partition coefficient (Wildman–Crippen LogP) is 4.80. The van der Waals surface area contributed by atoms with E-state index in [2.05, 4.69) is 16.4 Å². The third kappa shape index (κ3) is 4.61. The van der Waals surface area contributed by atoms with Crippen LogP contribution in [0.2, 0.25) is 0 Å². The van der Waals surface area contributed by atoms with E-state index in [-0.39, 0.29) is 17.4 Å². The Morgan fingerprint density at radius 3 is 2.27 bits per heavy atom. The van der Waals surface area contributed by atoms with Crippen molar-refractivity contribution in [1.29, 1.82) is 0 Å². The molecule has 3 aliphatic rings. The third-order valence-electron chi connectivity index (χ3n) is 7.18. The van der Waals surface area contributed by atoms with Gasteiger partial charge in [0.2, 0.25) is 0 Å². The van der Waals surface area contributed by atoms with Gasteiger partial charge in [0.25, 0.3) is 0 Å². The number of ketones is 1. The van der Waals surface area contributed by atoms with Gasteiger partial charge in [-0.25, -0.2) is 4.79 Å². The monoisotopic (exact) mass is 410 g/mol. The van der Waals surface area contributed by atoms with Gasteiger partial charge in [-0.1, -0.05) is 44.7 Å². The smallest absolute Gasteiger partial charge is 0.335 e. The first-order chi connectivity index (χ1) is 14.5. The Kier molecular flexibility index (Phi) is 6.57. The van der Waals surface area contributed by atoms with E-state index in [1.807, 2.05) is 6.07 Å². The van der Waals surface area contributed by atoms with Crippen molar-refractivity contribution in [3.63, 3.8) is 0 Å². The van der Waals surface area contributed by atoms with E-state index in [0.29, 0.717) is 18.9 Å². The lowest BCUT2D eigenvalue weighted by Crippen LogP contribution is -2.48. The zero-order valence-corrected chi connectivity index (χ0v) is 17.9. The molecule has 1 aliphatic carbocycles. The SMILES string of the molecule is C=C1CC(=O)Cc2ccc(C(=O)O)cc2N1C1CCN(C2CCCCCCC2)CC1. The number of rotatable bonds is 3. The number of allylic oxidation sites excluding steroid dienone is 1. The lowest BCUT2D eigenvalue weighted by molar-refractivity contribution is -0.117. The normalized spacial score (nSPS) is 22.9. The molecule has 1 N–H and O–H groups in total. The van der Waals surface area contributed by atoms with Crippen molar-refractivity contribution < 1.29 is 14.7 Å². The average molecular weight is 411 g/mol. The maximum atomic E-state index is 12.4. The Balaban J connectivity index is 1.52. The number of carbonyl (C=O) groups is 2. The Morgan fingerprint density at radius 2 is 1.60 bits per heavy atom. The van der Waals surface area contributed by atoms with Crippen LogP contribution in [0.1, 0.15) is 80.1 Å². The van der Waals surface area contributed by atoms with Gasteiger partial charge >= 0.3 is 5.97 Å². The molecule has 1 aromatic carbocycles. The summed E-state index contributed by atoms with van der Waals surface area (Å²) in [5, 5.41) is 9.48. The summed E-state index contributed by atoms with van der Waals surface area (Å²) in [7, 11) is 0. The summed E-state index contributed by atoms with van der Waals surface area (Å²) in [6.07, 6.45) is 12.2. The molecule has 4 rings (SSSR count). The zero-order chi connectivity index (χ0) is 21.1. The molecule has 0 atom stereocenters. The Hall–Kier alpha value is -2.14. The van der Waals surface area contributed by atoms with Gasteiger partial charge < -0.3 is 14.9 Å². The Bertz CT molecular complexity index is 803. The van der Waals surface area contributed by atoms with Crippen LogP contribution in [0.4, 0.5) is 5.69 Å². The molecule has 5 heteroatoms. The Labute approximate surface area is 179 Å². The second kappa shape index (κ2) is 9.34. The second-order valence-corrected chi connectivity index (χ2v) is 9.24. The minimum atomic E-state index is -0.932. The number of benzene rings is 1. The van der Waals surface area contributed by atoms with Crippen molar-refractivity contribution in [1.82, 2.24) is 4.90 Å². The molecule has 5 nitrogen and oxygen atoms in total. The molecule has 162 valence electrons. The Morgan fingerprint density at radius 1 is 0.933 bits per heavy atom. The summed E-state index contributed by atoms with van der Waals surface area (Å²) < 4.78 is 0. The third-order valence-corrected chi connectivity index (χ3v) is 7.18. The van der Waals surface area contributed by atoms with Crippen LogP contribution in [-0.4, -0.2) is 46.9 Å². The van der Waals surface area contributed by atoms with Gasteiger partial charge in [0, 0.05) is 49.4 Å². The molecule has 2 aliphatic heterocycles. The van der Waals surface area contributed by atoms with Crippen molar-refractivity contribution >= 4 is 17.4 Å². The van der Waals surface area contributed by atoms with Crippen LogP contribution in [0.5, 0.6) is 0 Å². The number of likely N-dealkylation sites (tertiary alicyclic amines) is 1. The summed E-state index contributed by atoms with van der Waals surface area (Å²) in [6.45, 7) is 6.37. The zero-order valence-electron chi connectivity index (χ0n) is 17.9. The van der Waals surface area contributed by atoms with Crippen molar-refractivity contribution in [2.24, 2.45) is 0 Å². The lowest BCUT2D eigenvalue weighted by atomic mass is 9.92. The van der Waals surface area contributed by atoms with Crippen LogP contribution in [0, 0.1) is 0 Å². The summed E-state index contributed by atoms with van der Waals surface area (Å²) in [5.41, 5.74) is 2.87. The number of aromatic carboxylic acids is 1. The number of fused-ring (bicyclic) bond motifs is 1. The van der Waals surface area contributed by atoms with Gasteiger partial charge in [0.15, 0.2) is 0 Å². The maximum absolute atomic E-state index is 12.4. The van der Waals surface area contributed by atoms with Crippen LogP contribution < -0.4 is 4.90 Å². The number of hydrogen-bond acceptors (Lipinski definition) is 4. The minimum absolute atomic E-state index is 0.152. The fourth-order valence-corrected chi connectivity index (χ4v) is 5.59.